The SMILES string of the molecule is COC(COP(=O)(NC1(C(=O)OC(C)C)CC1)Oc1ccc(Cl)cc1)CC(C)n1ccc2c(N(C)NSC)nc(N)nc21. The molecule has 3 unspecified atom stereocenters. The van der Waals surface area contributed by atoms with Crippen LogP contribution in [0.5, 0.6) is 5.75 Å². The zero-order valence-corrected chi connectivity index (χ0v) is 27.5. The Balaban J connectivity index is 1.51. The largest absolute Gasteiger partial charge is 0.462 e. The molecule has 236 valence electrons. The van der Waals surface area contributed by atoms with Crippen LogP contribution in [0.1, 0.15) is 46.1 Å². The Morgan fingerprint density at radius 2 is 1.93 bits per heavy atom. The lowest BCUT2D eigenvalue weighted by Crippen LogP contribution is -2.41. The summed E-state index contributed by atoms with van der Waals surface area (Å²) in [4.78, 5) is 24.8. The van der Waals surface area contributed by atoms with Crippen LogP contribution in [0.15, 0.2) is 36.5 Å². The maximum absolute atomic E-state index is 14.1. The summed E-state index contributed by atoms with van der Waals surface area (Å²) >= 11 is 7.44. The first kappa shape index (κ1) is 33.3. The van der Waals surface area contributed by atoms with Crippen molar-refractivity contribution in [1.82, 2.24) is 24.5 Å². The zero-order valence-electron chi connectivity index (χ0n) is 25.1. The summed E-state index contributed by atoms with van der Waals surface area (Å²) in [7, 11) is -0.683. The second kappa shape index (κ2) is 14.0. The third-order valence-electron chi connectivity index (χ3n) is 6.83. The number of nitrogens with zero attached hydrogens (tertiary/aromatic N) is 4. The summed E-state index contributed by atoms with van der Waals surface area (Å²) in [6, 6.07) is 8.19. The van der Waals surface area contributed by atoms with Crippen LogP contribution in [-0.4, -0.2) is 65.3 Å². The minimum Gasteiger partial charge on any atom is -0.462 e. The van der Waals surface area contributed by atoms with E-state index in [1.54, 1.807) is 50.2 Å². The molecule has 0 amide bonds. The number of nitrogens with two attached hydrogens (primary N) is 1. The van der Waals surface area contributed by atoms with Crippen molar-refractivity contribution in [3.05, 3.63) is 41.6 Å². The highest BCUT2D eigenvalue weighted by Crippen LogP contribution is 2.52. The molecule has 2 aromatic heterocycles. The van der Waals surface area contributed by atoms with Gasteiger partial charge in [0.25, 0.3) is 0 Å². The molecule has 16 heteroatoms. The fourth-order valence-electron chi connectivity index (χ4n) is 4.52. The second-order valence-electron chi connectivity index (χ2n) is 10.6. The van der Waals surface area contributed by atoms with Crippen molar-refractivity contribution in [2.45, 2.75) is 63.8 Å². The number of rotatable bonds is 16. The number of ether oxygens (including phenoxy) is 2. The normalized spacial score (nSPS) is 16.9. The molecule has 0 aliphatic heterocycles. The predicted octanol–water partition coefficient (Wildman–Crippen LogP) is 5.13. The van der Waals surface area contributed by atoms with Crippen LogP contribution in [0.2, 0.25) is 5.02 Å². The van der Waals surface area contributed by atoms with Crippen molar-refractivity contribution in [3.8, 4) is 5.75 Å². The molecule has 43 heavy (non-hydrogen) atoms. The van der Waals surface area contributed by atoms with Crippen molar-refractivity contribution >= 4 is 60.1 Å². The molecule has 0 bridgehead atoms. The number of hydrogen-bond donors (Lipinski definition) is 3. The van der Waals surface area contributed by atoms with Crippen molar-refractivity contribution in [3.63, 3.8) is 0 Å². The maximum Gasteiger partial charge on any atom is 0.459 e. The van der Waals surface area contributed by atoms with E-state index in [1.165, 1.54) is 11.9 Å². The predicted molar refractivity (Wildman–Crippen MR) is 169 cm³/mol. The number of carbonyl (C=O) groups excluding carboxylic acids is 1. The quantitative estimate of drug-likeness (QED) is 0.0809. The molecule has 4 rings (SSSR count). The van der Waals surface area contributed by atoms with Gasteiger partial charge in [-0.05, 0) is 76.6 Å². The molecule has 1 aromatic carbocycles. The number of nitrogen functional groups attached to an aromatic ring is 1. The molecule has 1 aliphatic carbocycles. The van der Waals surface area contributed by atoms with Crippen LogP contribution in [0.4, 0.5) is 11.8 Å². The van der Waals surface area contributed by atoms with Gasteiger partial charge in [-0.2, -0.15) is 19.9 Å². The average Bonchev–Trinajstić information content (AvgIpc) is 3.60. The van der Waals surface area contributed by atoms with Crippen molar-refractivity contribution in [2.24, 2.45) is 0 Å². The third kappa shape index (κ3) is 8.33. The lowest BCUT2D eigenvalue weighted by Gasteiger charge is -2.27. The van der Waals surface area contributed by atoms with E-state index in [4.69, 9.17) is 35.9 Å². The number of aromatic nitrogens is 3. The number of methoxy groups -OCH3 is 1. The topological polar surface area (TPSA) is 155 Å². The minimum atomic E-state index is -4.09. The molecule has 1 aliphatic rings. The fraction of sp³-hybridized carbons (Fsp3) is 0.519. The third-order valence-corrected chi connectivity index (χ3v) is 9.18. The van der Waals surface area contributed by atoms with Crippen molar-refractivity contribution in [2.75, 3.05) is 37.8 Å². The molecular formula is C27H39ClN7O6PS. The Bertz CT molecular complexity index is 1460. The van der Waals surface area contributed by atoms with Gasteiger partial charge >= 0.3 is 13.7 Å². The number of fused-ring (bicyclic) bond motifs is 1. The molecule has 2 heterocycles. The van der Waals surface area contributed by atoms with Gasteiger partial charge in [0.15, 0.2) is 5.82 Å². The molecule has 0 saturated heterocycles. The van der Waals surface area contributed by atoms with E-state index in [1.807, 2.05) is 37.1 Å². The first-order valence-corrected chi connectivity index (χ1v) is 16.9. The molecular weight excluding hydrogens is 617 g/mol. The number of benzene rings is 1. The fourth-order valence-corrected chi connectivity index (χ4v) is 6.77. The number of hydrazine groups is 1. The van der Waals surface area contributed by atoms with Crippen molar-refractivity contribution in [1.29, 1.82) is 0 Å². The molecule has 4 N–H and O–H groups in total. The molecule has 3 atom stereocenters. The highest BCUT2D eigenvalue weighted by molar-refractivity contribution is 7.96. The van der Waals surface area contributed by atoms with Gasteiger partial charge in [-0.1, -0.05) is 23.5 Å². The molecule has 3 aromatic rings. The van der Waals surface area contributed by atoms with E-state index in [-0.39, 0.29) is 30.5 Å². The Kier molecular flexibility index (Phi) is 10.9. The van der Waals surface area contributed by atoms with Gasteiger partial charge in [0, 0.05) is 31.4 Å². The van der Waals surface area contributed by atoms with Gasteiger partial charge in [-0.25, -0.2) is 4.57 Å². The number of esters is 1. The van der Waals surface area contributed by atoms with Crippen LogP contribution in [0.25, 0.3) is 11.0 Å². The van der Waals surface area contributed by atoms with E-state index in [2.05, 4.69) is 19.9 Å². The zero-order chi connectivity index (χ0) is 31.4. The Morgan fingerprint density at radius 3 is 2.53 bits per heavy atom. The van der Waals surface area contributed by atoms with Crippen LogP contribution in [-0.2, 0) is 23.4 Å². The van der Waals surface area contributed by atoms with Gasteiger partial charge in [0.05, 0.1) is 24.2 Å². The van der Waals surface area contributed by atoms with Gasteiger partial charge in [0.1, 0.15) is 16.9 Å². The van der Waals surface area contributed by atoms with E-state index in [0.717, 1.165) is 5.39 Å². The first-order chi connectivity index (χ1) is 20.4. The summed E-state index contributed by atoms with van der Waals surface area (Å²) in [6.45, 7) is 5.44. The Hall–Kier alpha value is -2.58. The number of nitrogens with one attached hydrogen (secondary N) is 2. The number of anilines is 2. The highest BCUT2D eigenvalue weighted by Gasteiger charge is 2.56. The summed E-state index contributed by atoms with van der Waals surface area (Å²) in [6.07, 6.45) is 4.36. The van der Waals surface area contributed by atoms with E-state index in [0.29, 0.717) is 35.8 Å². The molecule has 0 spiro atoms. The first-order valence-electron chi connectivity index (χ1n) is 13.8. The van der Waals surface area contributed by atoms with Crippen LogP contribution < -0.4 is 25.2 Å². The van der Waals surface area contributed by atoms with Gasteiger partial charge in [-0.15, -0.1) is 0 Å². The molecule has 1 fully saturated rings. The minimum absolute atomic E-state index is 0.0873. The Morgan fingerprint density at radius 1 is 1.23 bits per heavy atom. The molecule has 0 radical (unpaired) electrons. The van der Waals surface area contributed by atoms with E-state index < -0.39 is 25.4 Å². The molecule has 13 nitrogen and oxygen atoms in total. The number of halogens is 1. The standard InChI is InChI=1S/C27H39ClN7O6PS/c1-17(2)40-25(36)27(12-13-27)32-42(37,41-20-9-7-19(28)8-10-20)39-16-21(38-5)15-18(3)35-14-11-22-23(34(4)33-43-6)30-26(29)31-24(22)35/h7-11,14,17-18,21,33H,12-13,15-16H2,1-6H3,(H,32,37)(H2,29,30,31). The summed E-state index contributed by atoms with van der Waals surface area (Å²) in [5.74, 6) is 0.558. The summed E-state index contributed by atoms with van der Waals surface area (Å²) < 4.78 is 39.0. The Labute approximate surface area is 260 Å². The van der Waals surface area contributed by atoms with Gasteiger partial charge < -0.3 is 24.3 Å². The number of hydrogen-bond acceptors (Lipinski definition) is 12. The van der Waals surface area contributed by atoms with Gasteiger partial charge in [-0.3, -0.25) is 14.3 Å². The summed E-state index contributed by atoms with van der Waals surface area (Å²) in [5, 5.41) is 5.96. The lowest BCUT2D eigenvalue weighted by atomic mass is 10.1. The summed E-state index contributed by atoms with van der Waals surface area (Å²) in [5.41, 5.74) is 5.57. The monoisotopic (exact) mass is 655 g/mol. The van der Waals surface area contributed by atoms with E-state index in [9.17, 15) is 9.36 Å². The van der Waals surface area contributed by atoms with E-state index >= 15 is 0 Å². The molecule has 1 saturated carbocycles. The highest BCUT2D eigenvalue weighted by atomic mass is 35.5. The van der Waals surface area contributed by atoms with Crippen LogP contribution in [0, 0.1) is 0 Å². The average molecular weight is 656 g/mol. The maximum atomic E-state index is 14.1. The smallest absolute Gasteiger partial charge is 0.459 e. The lowest BCUT2D eigenvalue weighted by molar-refractivity contribution is -0.150. The van der Waals surface area contributed by atoms with Crippen molar-refractivity contribution < 1.29 is 27.9 Å². The number of carbonyl (C=O) groups is 1. The van der Waals surface area contributed by atoms with Gasteiger partial charge in [0.2, 0.25) is 5.95 Å². The second-order valence-corrected chi connectivity index (χ2v) is 13.3. The van der Waals surface area contributed by atoms with Crippen LogP contribution in [0.3, 0.4) is 0 Å². The van der Waals surface area contributed by atoms with Crippen LogP contribution >= 0.6 is 31.3 Å².